The van der Waals surface area contributed by atoms with Crippen molar-refractivity contribution in [2.45, 2.75) is 51.0 Å². The van der Waals surface area contributed by atoms with Gasteiger partial charge < -0.3 is 10.6 Å². The molecule has 3 nitrogen and oxygen atoms in total. The first kappa shape index (κ1) is 12.2. The lowest BCUT2D eigenvalue weighted by atomic mass is 9.99. The van der Waals surface area contributed by atoms with E-state index in [4.69, 9.17) is 10.7 Å². The third-order valence-corrected chi connectivity index (χ3v) is 5.89. The summed E-state index contributed by atoms with van der Waals surface area (Å²) in [7, 11) is 0. The average Bonchev–Trinajstić information content (AvgIpc) is 3.31. The minimum absolute atomic E-state index is 0.249. The lowest BCUT2D eigenvalue weighted by molar-refractivity contribution is 0.573. The molecule has 0 radical (unpaired) electrons. The SMILES string of the molecule is NC1CCCc2nc(N(CC3CC3)CC3CC3)sc21. The Hall–Kier alpha value is -0.610. The quantitative estimate of drug-likeness (QED) is 0.899. The van der Waals surface area contributed by atoms with Gasteiger partial charge in [-0.15, -0.1) is 0 Å². The van der Waals surface area contributed by atoms with Gasteiger partial charge in [0.05, 0.1) is 5.69 Å². The monoisotopic (exact) mass is 277 g/mol. The van der Waals surface area contributed by atoms with E-state index in [2.05, 4.69) is 4.90 Å². The summed E-state index contributed by atoms with van der Waals surface area (Å²) in [6.07, 6.45) is 9.18. The number of hydrogen-bond donors (Lipinski definition) is 1. The van der Waals surface area contributed by atoms with Crippen LogP contribution in [0.1, 0.15) is 55.1 Å². The molecule has 1 heterocycles. The number of fused-ring (bicyclic) bond motifs is 1. The van der Waals surface area contributed by atoms with Gasteiger partial charge in [0.2, 0.25) is 0 Å². The molecule has 0 spiro atoms. The molecule has 1 aromatic heterocycles. The molecule has 1 atom stereocenters. The molecule has 104 valence electrons. The molecule has 0 saturated heterocycles. The highest BCUT2D eigenvalue weighted by Gasteiger charge is 2.32. The number of rotatable bonds is 5. The number of aromatic nitrogens is 1. The van der Waals surface area contributed by atoms with Gasteiger partial charge in [-0.25, -0.2) is 4.98 Å². The average molecular weight is 277 g/mol. The highest BCUT2D eigenvalue weighted by Crippen LogP contribution is 2.40. The zero-order chi connectivity index (χ0) is 12.8. The molecule has 3 aliphatic carbocycles. The summed E-state index contributed by atoms with van der Waals surface area (Å²) in [6, 6.07) is 0.249. The maximum Gasteiger partial charge on any atom is 0.185 e. The predicted molar refractivity (Wildman–Crippen MR) is 79.6 cm³/mol. The van der Waals surface area contributed by atoms with Crippen LogP contribution >= 0.6 is 11.3 Å². The van der Waals surface area contributed by atoms with Crippen molar-refractivity contribution in [3.8, 4) is 0 Å². The molecular weight excluding hydrogens is 254 g/mol. The zero-order valence-corrected chi connectivity index (χ0v) is 12.3. The van der Waals surface area contributed by atoms with E-state index in [0.29, 0.717) is 0 Å². The van der Waals surface area contributed by atoms with Gasteiger partial charge in [-0.1, -0.05) is 11.3 Å². The Kier molecular flexibility index (Phi) is 3.03. The first-order valence-corrected chi connectivity index (χ1v) is 8.61. The number of nitrogens with zero attached hydrogens (tertiary/aromatic N) is 2. The lowest BCUT2D eigenvalue weighted by Gasteiger charge is -2.21. The molecule has 19 heavy (non-hydrogen) atoms. The first-order chi connectivity index (χ1) is 9.29. The zero-order valence-electron chi connectivity index (χ0n) is 11.5. The van der Waals surface area contributed by atoms with Crippen molar-refractivity contribution in [2.24, 2.45) is 17.6 Å². The normalized spacial score (nSPS) is 26.3. The molecular formula is C15H23N3S. The Morgan fingerprint density at radius 2 is 1.79 bits per heavy atom. The van der Waals surface area contributed by atoms with E-state index in [9.17, 15) is 0 Å². The molecule has 1 aromatic rings. The van der Waals surface area contributed by atoms with Crippen LogP contribution in [0, 0.1) is 11.8 Å². The van der Waals surface area contributed by atoms with Crippen molar-refractivity contribution in [1.82, 2.24) is 4.98 Å². The highest BCUT2D eigenvalue weighted by molar-refractivity contribution is 7.15. The van der Waals surface area contributed by atoms with Crippen molar-refractivity contribution in [3.05, 3.63) is 10.6 Å². The fourth-order valence-corrected chi connectivity index (χ4v) is 4.20. The van der Waals surface area contributed by atoms with Crippen molar-refractivity contribution in [3.63, 3.8) is 0 Å². The minimum Gasteiger partial charge on any atom is -0.348 e. The second-order valence-electron chi connectivity index (χ2n) is 6.60. The lowest BCUT2D eigenvalue weighted by Crippen LogP contribution is -2.27. The Bertz CT molecular complexity index is 448. The van der Waals surface area contributed by atoms with Gasteiger partial charge in [0.1, 0.15) is 0 Å². The molecule has 0 amide bonds. The summed E-state index contributed by atoms with van der Waals surface area (Å²) >= 11 is 1.88. The third-order valence-electron chi connectivity index (χ3n) is 4.60. The van der Waals surface area contributed by atoms with E-state index in [-0.39, 0.29) is 6.04 Å². The number of aryl methyl sites for hydroxylation is 1. The number of thiazole rings is 1. The van der Waals surface area contributed by atoms with Crippen LogP contribution in [0.2, 0.25) is 0 Å². The van der Waals surface area contributed by atoms with E-state index in [0.717, 1.165) is 24.7 Å². The molecule has 1 unspecified atom stereocenters. The fraction of sp³-hybridized carbons (Fsp3) is 0.800. The van der Waals surface area contributed by atoms with Gasteiger partial charge in [-0.2, -0.15) is 0 Å². The molecule has 4 rings (SSSR count). The Balaban J connectivity index is 1.56. The smallest absolute Gasteiger partial charge is 0.185 e. The fourth-order valence-electron chi connectivity index (χ4n) is 3.03. The predicted octanol–water partition coefficient (Wildman–Crippen LogP) is 3.11. The summed E-state index contributed by atoms with van der Waals surface area (Å²) < 4.78 is 0. The first-order valence-electron chi connectivity index (χ1n) is 7.79. The third kappa shape index (κ3) is 2.65. The van der Waals surface area contributed by atoms with Crippen LogP contribution in [0.25, 0.3) is 0 Å². The summed E-state index contributed by atoms with van der Waals surface area (Å²) in [5.41, 5.74) is 7.54. The molecule has 2 N–H and O–H groups in total. The number of nitrogens with two attached hydrogens (primary N) is 1. The van der Waals surface area contributed by atoms with Gasteiger partial charge >= 0.3 is 0 Å². The maximum absolute atomic E-state index is 6.24. The van der Waals surface area contributed by atoms with Gasteiger partial charge in [-0.05, 0) is 56.8 Å². The Morgan fingerprint density at radius 3 is 2.37 bits per heavy atom. The second kappa shape index (κ2) is 4.74. The van der Waals surface area contributed by atoms with E-state index in [1.165, 1.54) is 60.9 Å². The van der Waals surface area contributed by atoms with Gasteiger partial charge in [-0.3, -0.25) is 0 Å². The molecule has 0 aliphatic heterocycles. The maximum atomic E-state index is 6.24. The topological polar surface area (TPSA) is 42.1 Å². The standard InChI is InChI=1S/C15H23N3S/c16-12-2-1-3-13-14(12)19-15(17-13)18(8-10-4-5-10)9-11-6-7-11/h10-12H,1-9,16H2. The van der Waals surface area contributed by atoms with Gasteiger partial charge in [0.25, 0.3) is 0 Å². The van der Waals surface area contributed by atoms with Crippen LogP contribution in [-0.4, -0.2) is 18.1 Å². The van der Waals surface area contributed by atoms with Gasteiger partial charge in [0, 0.05) is 24.0 Å². The summed E-state index contributed by atoms with van der Waals surface area (Å²) in [5.74, 6) is 1.88. The van der Waals surface area contributed by atoms with Crippen LogP contribution in [0.15, 0.2) is 0 Å². The van der Waals surface area contributed by atoms with Crippen molar-refractivity contribution in [1.29, 1.82) is 0 Å². The molecule has 2 fully saturated rings. The molecule has 0 aromatic carbocycles. The summed E-state index contributed by atoms with van der Waals surface area (Å²) in [6.45, 7) is 2.47. The Labute approximate surface area is 119 Å². The van der Waals surface area contributed by atoms with Crippen molar-refractivity contribution < 1.29 is 0 Å². The van der Waals surface area contributed by atoms with Gasteiger partial charge in [0.15, 0.2) is 5.13 Å². The van der Waals surface area contributed by atoms with E-state index in [1.54, 1.807) is 0 Å². The number of hydrogen-bond acceptors (Lipinski definition) is 4. The van der Waals surface area contributed by atoms with Crippen molar-refractivity contribution in [2.75, 3.05) is 18.0 Å². The summed E-state index contributed by atoms with van der Waals surface area (Å²) in [4.78, 5) is 8.88. The van der Waals surface area contributed by atoms with Crippen molar-refractivity contribution >= 4 is 16.5 Å². The van der Waals surface area contributed by atoms with E-state index < -0.39 is 0 Å². The van der Waals surface area contributed by atoms with Crippen LogP contribution in [-0.2, 0) is 6.42 Å². The highest BCUT2D eigenvalue weighted by atomic mass is 32.1. The molecule has 4 heteroatoms. The minimum atomic E-state index is 0.249. The molecule has 3 aliphatic rings. The largest absolute Gasteiger partial charge is 0.348 e. The molecule has 2 saturated carbocycles. The summed E-state index contributed by atoms with van der Waals surface area (Å²) in [5, 5.41) is 1.26. The Morgan fingerprint density at radius 1 is 1.11 bits per heavy atom. The molecule has 0 bridgehead atoms. The van der Waals surface area contributed by atoms with E-state index in [1.807, 2.05) is 11.3 Å². The van der Waals surface area contributed by atoms with Crippen LogP contribution in [0.4, 0.5) is 5.13 Å². The number of anilines is 1. The van der Waals surface area contributed by atoms with Crippen LogP contribution < -0.4 is 10.6 Å². The van der Waals surface area contributed by atoms with E-state index >= 15 is 0 Å². The van der Waals surface area contributed by atoms with Crippen LogP contribution in [0.5, 0.6) is 0 Å². The van der Waals surface area contributed by atoms with Crippen LogP contribution in [0.3, 0.4) is 0 Å². The second-order valence-corrected chi connectivity index (χ2v) is 7.61.